The Bertz CT molecular complexity index is 662. The second kappa shape index (κ2) is 5.92. The van der Waals surface area contributed by atoms with E-state index in [1.54, 1.807) is 18.2 Å². The Morgan fingerprint density at radius 2 is 2.05 bits per heavy atom. The van der Waals surface area contributed by atoms with Crippen LogP contribution in [0.1, 0.15) is 10.4 Å². The summed E-state index contributed by atoms with van der Waals surface area (Å²) in [7, 11) is 1.53. The van der Waals surface area contributed by atoms with Gasteiger partial charge < -0.3 is 15.8 Å². The van der Waals surface area contributed by atoms with Gasteiger partial charge in [0.1, 0.15) is 11.6 Å². The van der Waals surface area contributed by atoms with Crippen molar-refractivity contribution in [1.82, 2.24) is 0 Å². The van der Waals surface area contributed by atoms with Crippen molar-refractivity contribution in [2.45, 2.75) is 0 Å². The molecule has 0 saturated heterocycles. The van der Waals surface area contributed by atoms with Gasteiger partial charge in [0.05, 0.1) is 17.3 Å². The van der Waals surface area contributed by atoms with Crippen LogP contribution in [-0.2, 0) is 0 Å². The van der Waals surface area contributed by atoms with E-state index in [0.29, 0.717) is 21.5 Å². The highest BCUT2D eigenvalue weighted by Gasteiger charge is 2.11. The minimum Gasteiger partial charge on any atom is -0.496 e. The molecular weight excluding hydrogens is 327 g/mol. The summed E-state index contributed by atoms with van der Waals surface area (Å²) in [5.41, 5.74) is 6.21. The van der Waals surface area contributed by atoms with Crippen molar-refractivity contribution >= 4 is 33.2 Å². The van der Waals surface area contributed by atoms with Crippen LogP contribution >= 0.6 is 15.9 Å². The van der Waals surface area contributed by atoms with Gasteiger partial charge in [-0.1, -0.05) is 0 Å². The number of methoxy groups -OCH3 is 1. The summed E-state index contributed by atoms with van der Waals surface area (Å²) < 4.78 is 19.3. The second-order valence-electron chi connectivity index (χ2n) is 4.04. The minimum atomic E-state index is -0.578. The highest BCUT2D eigenvalue weighted by Crippen LogP contribution is 2.26. The zero-order valence-electron chi connectivity index (χ0n) is 10.6. The third kappa shape index (κ3) is 3.08. The Kier molecular flexibility index (Phi) is 4.24. The molecule has 0 unspecified atom stereocenters. The molecule has 0 spiro atoms. The predicted octanol–water partition coefficient (Wildman–Crippen LogP) is 3.43. The van der Waals surface area contributed by atoms with E-state index in [1.165, 1.54) is 19.2 Å². The van der Waals surface area contributed by atoms with E-state index in [0.717, 1.165) is 6.07 Å². The third-order valence-electron chi connectivity index (χ3n) is 2.66. The summed E-state index contributed by atoms with van der Waals surface area (Å²) >= 11 is 3.29. The molecule has 104 valence electrons. The molecule has 0 aliphatic carbocycles. The second-order valence-corrected chi connectivity index (χ2v) is 4.90. The van der Waals surface area contributed by atoms with Crippen LogP contribution in [0.3, 0.4) is 0 Å². The number of carbonyl (C=O) groups excluding carboxylic acids is 1. The SMILES string of the molecule is COc1ccc(C(=O)Nc2ccc(N)cc2F)cc1Br. The minimum absolute atomic E-state index is 0.0798. The van der Waals surface area contributed by atoms with Crippen molar-refractivity contribution in [3.63, 3.8) is 0 Å². The smallest absolute Gasteiger partial charge is 0.255 e. The molecule has 0 bridgehead atoms. The molecule has 0 aliphatic heterocycles. The number of hydrogen-bond acceptors (Lipinski definition) is 3. The van der Waals surface area contributed by atoms with E-state index in [2.05, 4.69) is 21.2 Å². The molecule has 0 fully saturated rings. The first-order chi connectivity index (χ1) is 9.51. The van der Waals surface area contributed by atoms with Crippen molar-refractivity contribution < 1.29 is 13.9 Å². The van der Waals surface area contributed by atoms with Gasteiger partial charge in [0.25, 0.3) is 5.91 Å². The van der Waals surface area contributed by atoms with Crippen LogP contribution in [0.15, 0.2) is 40.9 Å². The Morgan fingerprint density at radius 3 is 2.65 bits per heavy atom. The lowest BCUT2D eigenvalue weighted by Gasteiger charge is -2.09. The number of ether oxygens (including phenoxy) is 1. The maximum Gasteiger partial charge on any atom is 0.255 e. The first-order valence-electron chi connectivity index (χ1n) is 5.71. The molecule has 0 saturated carbocycles. The van der Waals surface area contributed by atoms with Gasteiger partial charge in [0, 0.05) is 11.3 Å². The van der Waals surface area contributed by atoms with Crippen molar-refractivity contribution in [2.24, 2.45) is 0 Å². The summed E-state index contributed by atoms with van der Waals surface area (Å²) in [6.07, 6.45) is 0. The maximum atomic E-state index is 13.6. The van der Waals surface area contributed by atoms with Gasteiger partial charge in [-0.2, -0.15) is 0 Å². The van der Waals surface area contributed by atoms with Crippen molar-refractivity contribution in [3.05, 3.63) is 52.3 Å². The number of carbonyl (C=O) groups is 1. The molecule has 2 aromatic carbocycles. The van der Waals surface area contributed by atoms with Crippen LogP contribution in [0.2, 0.25) is 0 Å². The number of rotatable bonds is 3. The van der Waals surface area contributed by atoms with E-state index in [9.17, 15) is 9.18 Å². The topological polar surface area (TPSA) is 64.3 Å². The van der Waals surface area contributed by atoms with Crippen LogP contribution in [0.25, 0.3) is 0 Å². The molecule has 1 amide bonds. The Morgan fingerprint density at radius 1 is 1.30 bits per heavy atom. The normalized spacial score (nSPS) is 10.2. The molecular formula is C14H12BrFN2O2. The van der Waals surface area contributed by atoms with Crippen LogP contribution in [0.5, 0.6) is 5.75 Å². The molecule has 2 aromatic rings. The van der Waals surface area contributed by atoms with Crippen LogP contribution in [0.4, 0.5) is 15.8 Å². The highest BCUT2D eigenvalue weighted by molar-refractivity contribution is 9.10. The largest absolute Gasteiger partial charge is 0.496 e. The van der Waals surface area contributed by atoms with Crippen LogP contribution < -0.4 is 15.8 Å². The molecule has 20 heavy (non-hydrogen) atoms. The van der Waals surface area contributed by atoms with Gasteiger partial charge in [-0.3, -0.25) is 4.79 Å². The number of benzene rings is 2. The van der Waals surface area contributed by atoms with Crippen LogP contribution in [0, 0.1) is 5.82 Å². The summed E-state index contributed by atoms with van der Waals surface area (Å²) in [5, 5.41) is 2.49. The molecule has 2 rings (SSSR count). The summed E-state index contributed by atoms with van der Waals surface area (Å²) in [5.74, 6) is -0.386. The van der Waals surface area contributed by atoms with E-state index in [4.69, 9.17) is 10.5 Å². The standard InChI is InChI=1S/C14H12BrFN2O2/c1-20-13-5-2-8(6-10(13)15)14(19)18-12-4-3-9(17)7-11(12)16/h2-7H,17H2,1H3,(H,18,19). The fourth-order valence-corrected chi connectivity index (χ4v) is 2.18. The highest BCUT2D eigenvalue weighted by atomic mass is 79.9. The number of anilines is 2. The lowest BCUT2D eigenvalue weighted by molar-refractivity contribution is 0.102. The summed E-state index contributed by atoms with van der Waals surface area (Å²) in [4.78, 5) is 12.0. The Hall–Kier alpha value is -2.08. The predicted molar refractivity (Wildman–Crippen MR) is 79.5 cm³/mol. The molecule has 3 N–H and O–H groups in total. The zero-order valence-corrected chi connectivity index (χ0v) is 12.2. The molecule has 0 aromatic heterocycles. The van der Waals surface area contributed by atoms with Gasteiger partial charge in [0.15, 0.2) is 0 Å². The average molecular weight is 339 g/mol. The van der Waals surface area contributed by atoms with Gasteiger partial charge >= 0.3 is 0 Å². The molecule has 6 heteroatoms. The van der Waals surface area contributed by atoms with Gasteiger partial charge in [-0.25, -0.2) is 4.39 Å². The van der Waals surface area contributed by atoms with Crippen molar-refractivity contribution in [2.75, 3.05) is 18.2 Å². The molecule has 0 atom stereocenters. The van der Waals surface area contributed by atoms with E-state index in [-0.39, 0.29) is 5.69 Å². The average Bonchev–Trinajstić information content (AvgIpc) is 2.41. The zero-order chi connectivity index (χ0) is 14.7. The quantitative estimate of drug-likeness (QED) is 0.842. The van der Waals surface area contributed by atoms with Gasteiger partial charge in [-0.05, 0) is 52.3 Å². The number of halogens is 2. The summed E-state index contributed by atoms with van der Waals surface area (Å²) in [6, 6.07) is 8.93. The number of nitrogen functional groups attached to an aromatic ring is 1. The van der Waals surface area contributed by atoms with E-state index >= 15 is 0 Å². The Balaban J connectivity index is 2.21. The van der Waals surface area contributed by atoms with Crippen molar-refractivity contribution in [1.29, 1.82) is 0 Å². The first-order valence-corrected chi connectivity index (χ1v) is 6.50. The van der Waals surface area contributed by atoms with E-state index in [1.807, 2.05) is 0 Å². The number of nitrogens with one attached hydrogen (secondary N) is 1. The maximum absolute atomic E-state index is 13.6. The van der Waals surface area contributed by atoms with E-state index < -0.39 is 11.7 Å². The lowest BCUT2D eigenvalue weighted by atomic mass is 10.2. The molecule has 0 heterocycles. The lowest BCUT2D eigenvalue weighted by Crippen LogP contribution is -2.13. The number of amides is 1. The monoisotopic (exact) mass is 338 g/mol. The Labute approximate surface area is 123 Å². The fourth-order valence-electron chi connectivity index (χ4n) is 1.63. The third-order valence-corrected chi connectivity index (χ3v) is 3.28. The number of nitrogens with two attached hydrogens (primary N) is 1. The van der Waals surface area contributed by atoms with Crippen LogP contribution in [-0.4, -0.2) is 13.0 Å². The van der Waals surface area contributed by atoms with Gasteiger partial charge in [0.2, 0.25) is 0 Å². The van der Waals surface area contributed by atoms with Gasteiger partial charge in [-0.15, -0.1) is 0 Å². The molecule has 4 nitrogen and oxygen atoms in total. The molecule has 0 aliphatic rings. The number of hydrogen-bond donors (Lipinski definition) is 2. The van der Waals surface area contributed by atoms with Crippen molar-refractivity contribution in [3.8, 4) is 5.75 Å². The first kappa shape index (κ1) is 14.3. The fraction of sp³-hybridized carbons (Fsp3) is 0.0714. The summed E-state index contributed by atoms with van der Waals surface area (Å²) in [6.45, 7) is 0. The molecule has 0 radical (unpaired) electrons.